The first-order valence-electron chi connectivity index (χ1n) is 9.42. The van der Waals surface area contributed by atoms with Gasteiger partial charge >= 0.3 is 0 Å². The van der Waals surface area contributed by atoms with E-state index in [1.54, 1.807) is 31.5 Å². The Balaban J connectivity index is 1.60. The van der Waals surface area contributed by atoms with Gasteiger partial charge in [0.05, 0.1) is 19.4 Å². The fourth-order valence-electron chi connectivity index (χ4n) is 3.17. The molecule has 1 N–H and O–H groups in total. The smallest absolute Gasteiger partial charge is 0.246 e. The van der Waals surface area contributed by atoms with Crippen LogP contribution in [0.3, 0.4) is 0 Å². The Kier molecular flexibility index (Phi) is 6.34. The lowest BCUT2D eigenvalue weighted by Gasteiger charge is -2.14. The second-order valence-corrected chi connectivity index (χ2v) is 6.88. The standard InChI is InChI=1S/C23H25N3O3/c1-17-14-19(18(2)26(17)20-8-5-4-6-9-20)11-12-23(28)25(3)16-22(27)24-15-21-10-7-13-29-21/h4-14H,15-16H2,1-3H3,(H,24,27)/b12-11+. The van der Waals surface area contributed by atoms with Crippen LogP contribution in [0.15, 0.2) is 65.3 Å². The summed E-state index contributed by atoms with van der Waals surface area (Å²) in [6.45, 7) is 4.34. The average molecular weight is 391 g/mol. The van der Waals surface area contributed by atoms with Crippen LogP contribution in [0.4, 0.5) is 0 Å². The molecule has 0 saturated heterocycles. The third kappa shape index (κ3) is 5.04. The highest BCUT2D eigenvalue weighted by Crippen LogP contribution is 2.21. The summed E-state index contributed by atoms with van der Waals surface area (Å²) in [6, 6.07) is 15.7. The summed E-state index contributed by atoms with van der Waals surface area (Å²) in [7, 11) is 1.60. The van der Waals surface area contributed by atoms with E-state index in [1.807, 2.05) is 50.2 Å². The number of rotatable bonds is 7. The molecule has 2 amide bonds. The third-order valence-electron chi connectivity index (χ3n) is 4.69. The first-order chi connectivity index (χ1) is 14.0. The molecule has 6 heteroatoms. The largest absolute Gasteiger partial charge is 0.467 e. The summed E-state index contributed by atoms with van der Waals surface area (Å²) >= 11 is 0. The minimum atomic E-state index is -0.243. The van der Waals surface area contributed by atoms with E-state index in [1.165, 1.54) is 11.0 Å². The molecule has 0 spiro atoms. The van der Waals surface area contributed by atoms with E-state index in [2.05, 4.69) is 9.88 Å². The summed E-state index contributed by atoms with van der Waals surface area (Å²) in [5.41, 5.74) is 4.19. The van der Waals surface area contributed by atoms with E-state index in [0.29, 0.717) is 12.3 Å². The Hall–Kier alpha value is -3.54. The van der Waals surface area contributed by atoms with Crippen molar-refractivity contribution in [3.63, 3.8) is 0 Å². The highest BCUT2D eigenvalue weighted by atomic mass is 16.3. The molecule has 0 saturated carbocycles. The molecule has 6 nitrogen and oxygen atoms in total. The zero-order valence-electron chi connectivity index (χ0n) is 16.9. The van der Waals surface area contributed by atoms with Gasteiger partial charge in [-0.25, -0.2) is 0 Å². The van der Waals surface area contributed by atoms with Gasteiger partial charge in [0.15, 0.2) is 0 Å². The normalized spacial score (nSPS) is 11.0. The van der Waals surface area contributed by atoms with Crippen LogP contribution in [-0.4, -0.2) is 34.9 Å². The molecule has 2 aromatic heterocycles. The zero-order chi connectivity index (χ0) is 20.8. The molecule has 0 aliphatic rings. The van der Waals surface area contributed by atoms with E-state index in [9.17, 15) is 9.59 Å². The molecular weight excluding hydrogens is 366 g/mol. The molecule has 0 radical (unpaired) electrons. The lowest BCUT2D eigenvalue weighted by atomic mass is 10.2. The van der Waals surface area contributed by atoms with Crippen molar-refractivity contribution in [2.45, 2.75) is 20.4 Å². The number of para-hydroxylation sites is 1. The summed E-state index contributed by atoms with van der Waals surface area (Å²) < 4.78 is 7.32. The van der Waals surface area contributed by atoms with Gasteiger partial charge in [-0.1, -0.05) is 18.2 Å². The van der Waals surface area contributed by atoms with Crippen molar-refractivity contribution < 1.29 is 14.0 Å². The highest BCUT2D eigenvalue weighted by Gasteiger charge is 2.12. The second kappa shape index (κ2) is 9.10. The van der Waals surface area contributed by atoms with Crippen LogP contribution in [0.1, 0.15) is 22.7 Å². The number of furan rings is 1. The Morgan fingerprint density at radius 1 is 1.14 bits per heavy atom. The summed E-state index contributed by atoms with van der Waals surface area (Å²) in [5, 5.41) is 2.73. The number of aromatic nitrogens is 1. The van der Waals surface area contributed by atoms with Crippen molar-refractivity contribution in [3.05, 3.63) is 83.6 Å². The maximum absolute atomic E-state index is 12.4. The van der Waals surface area contributed by atoms with Crippen LogP contribution in [0.5, 0.6) is 0 Å². The maximum atomic E-state index is 12.4. The molecule has 3 rings (SSSR count). The summed E-state index contributed by atoms with van der Waals surface area (Å²) in [6.07, 6.45) is 4.84. The van der Waals surface area contributed by atoms with Crippen LogP contribution in [0.2, 0.25) is 0 Å². The van der Waals surface area contributed by atoms with Gasteiger partial charge < -0.3 is 19.2 Å². The highest BCUT2D eigenvalue weighted by molar-refractivity contribution is 5.94. The Labute approximate surface area is 170 Å². The maximum Gasteiger partial charge on any atom is 0.246 e. The fourth-order valence-corrected chi connectivity index (χ4v) is 3.17. The molecule has 0 fully saturated rings. The average Bonchev–Trinajstić information content (AvgIpc) is 3.33. The third-order valence-corrected chi connectivity index (χ3v) is 4.69. The first-order valence-corrected chi connectivity index (χ1v) is 9.42. The van der Waals surface area contributed by atoms with Gasteiger partial charge in [0.25, 0.3) is 0 Å². The number of likely N-dealkylation sites (N-methyl/N-ethyl adjacent to an activating group) is 1. The number of carbonyl (C=O) groups is 2. The van der Waals surface area contributed by atoms with E-state index in [-0.39, 0.29) is 18.4 Å². The van der Waals surface area contributed by atoms with Crippen molar-refractivity contribution in [2.75, 3.05) is 13.6 Å². The van der Waals surface area contributed by atoms with Crippen LogP contribution in [0.25, 0.3) is 11.8 Å². The molecule has 0 bridgehead atoms. The Morgan fingerprint density at radius 2 is 1.90 bits per heavy atom. The predicted octanol–water partition coefficient (Wildman–Crippen LogP) is 3.48. The van der Waals surface area contributed by atoms with Gasteiger partial charge in [-0.2, -0.15) is 0 Å². The second-order valence-electron chi connectivity index (χ2n) is 6.88. The molecule has 0 aliphatic heterocycles. The van der Waals surface area contributed by atoms with Gasteiger partial charge in [0.1, 0.15) is 5.76 Å². The Bertz CT molecular complexity index is 1000. The van der Waals surface area contributed by atoms with Gasteiger partial charge in [-0.15, -0.1) is 0 Å². The van der Waals surface area contributed by atoms with E-state index < -0.39 is 0 Å². The quantitative estimate of drug-likeness (QED) is 0.627. The van der Waals surface area contributed by atoms with Crippen molar-refractivity contribution in [1.29, 1.82) is 0 Å². The van der Waals surface area contributed by atoms with Crippen molar-refractivity contribution in [2.24, 2.45) is 0 Å². The number of hydrogen-bond donors (Lipinski definition) is 1. The molecule has 29 heavy (non-hydrogen) atoms. The lowest BCUT2D eigenvalue weighted by Crippen LogP contribution is -2.37. The van der Waals surface area contributed by atoms with E-state index in [0.717, 1.165) is 22.6 Å². The number of benzene rings is 1. The SMILES string of the molecule is Cc1cc(/C=C/C(=O)N(C)CC(=O)NCc2ccco2)c(C)n1-c1ccccc1. The number of carbonyl (C=O) groups excluding carboxylic acids is 2. The number of amides is 2. The number of nitrogens with one attached hydrogen (secondary N) is 1. The molecule has 1 aromatic carbocycles. The molecule has 0 unspecified atom stereocenters. The van der Waals surface area contributed by atoms with Crippen LogP contribution in [0, 0.1) is 13.8 Å². The fraction of sp³-hybridized carbons (Fsp3) is 0.217. The van der Waals surface area contributed by atoms with Gasteiger partial charge in [-0.05, 0) is 55.8 Å². The predicted molar refractivity (Wildman–Crippen MR) is 112 cm³/mol. The number of hydrogen-bond acceptors (Lipinski definition) is 3. The van der Waals surface area contributed by atoms with Crippen molar-refractivity contribution in [1.82, 2.24) is 14.8 Å². The monoisotopic (exact) mass is 391 g/mol. The van der Waals surface area contributed by atoms with Gasteiger partial charge in [0.2, 0.25) is 11.8 Å². The summed E-state index contributed by atoms with van der Waals surface area (Å²) in [4.78, 5) is 25.8. The van der Waals surface area contributed by atoms with Crippen molar-refractivity contribution >= 4 is 17.9 Å². The Morgan fingerprint density at radius 3 is 2.59 bits per heavy atom. The molecule has 3 aromatic rings. The topological polar surface area (TPSA) is 67.5 Å². The minimum Gasteiger partial charge on any atom is -0.467 e. The van der Waals surface area contributed by atoms with Crippen molar-refractivity contribution in [3.8, 4) is 5.69 Å². The number of nitrogens with zero attached hydrogens (tertiary/aromatic N) is 2. The van der Waals surface area contributed by atoms with Gasteiger partial charge in [0, 0.05) is 30.2 Å². The molecule has 150 valence electrons. The first kappa shape index (κ1) is 20.2. The zero-order valence-corrected chi connectivity index (χ0v) is 16.9. The lowest BCUT2D eigenvalue weighted by molar-refractivity contribution is -0.131. The summed E-state index contributed by atoms with van der Waals surface area (Å²) in [5.74, 6) is 0.191. The molecule has 0 aliphatic carbocycles. The van der Waals surface area contributed by atoms with E-state index in [4.69, 9.17) is 4.42 Å². The van der Waals surface area contributed by atoms with E-state index >= 15 is 0 Å². The molecule has 0 atom stereocenters. The van der Waals surface area contributed by atoms with Crippen LogP contribution < -0.4 is 5.32 Å². The van der Waals surface area contributed by atoms with Crippen LogP contribution >= 0.6 is 0 Å². The molecule has 2 heterocycles. The number of aryl methyl sites for hydroxylation is 1. The van der Waals surface area contributed by atoms with Gasteiger partial charge in [-0.3, -0.25) is 9.59 Å². The van der Waals surface area contributed by atoms with Crippen LogP contribution in [-0.2, 0) is 16.1 Å². The molecular formula is C23H25N3O3. The minimum absolute atomic E-state index is 0.0209.